The van der Waals surface area contributed by atoms with Gasteiger partial charge in [-0.3, -0.25) is 4.39 Å². The molecule has 0 bridgehead atoms. The van der Waals surface area contributed by atoms with Crippen molar-refractivity contribution in [3.05, 3.63) is 29.8 Å². The van der Waals surface area contributed by atoms with Crippen LogP contribution in [0.2, 0.25) is 0 Å². The fraction of sp³-hybridized carbons (Fsp3) is 0.417. The predicted octanol–water partition coefficient (Wildman–Crippen LogP) is 2.22. The van der Waals surface area contributed by atoms with Gasteiger partial charge in [0.05, 0.1) is 12.8 Å². The van der Waals surface area contributed by atoms with E-state index in [9.17, 15) is 14.3 Å². The number of alkyl halides is 1. The average molecular weight is 240 g/mol. The monoisotopic (exact) mass is 240 g/mol. The molecule has 2 amide bonds. The summed E-state index contributed by atoms with van der Waals surface area (Å²) in [5.74, 6) is 0. The van der Waals surface area contributed by atoms with Crippen LogP contribution in [-0.2, 0) is 0 Å². The van der Waals surface area contributed by atoms with E-state index in [0.717, 1.165) is 5.56 Å². The average Bonchev–Trinajstić information content (AvgIpc) is 2.30. The molecule has 4 nitrogen and oxygen atoms in total. The van der Waals surface area contributed by atoms with Crippen LogP contribution in [0.4, 0.5) is 14.9 Å². The summed E-state index contributed by atoms with van der Waals surface area (Å²) in [6, 6.07) is 6.53. The molecular weight excluding hydrogens is 223 g/mol. The third kappa shape index (κ3) is 4.82. The molecule has 0 heterocycles. The molecule has 94 valence electrons. The van der Waals surface area contributed by atoms with Crippen molar-refractivity contribution in [1.82, 2.24) is 5.32 Å². The molecule has 0 aliphatic carbocycles. The van der Waals surface area contributed by atoms with Crippen LogP contribution in [-0.4, -0.2) is 24.4 Å². The SMILES string of the molecule is CC(O)c1ccc(NC(=O)NCCCF)cc1. The highest BCUT2D eigenvalue weighted by molar-refractivity contribution is 5.89. The van der Waals surface area contributed by atoms with Gasteiger partial charge in [-0.2, -0.15) is 0 Å². The summed E-state index contributed by atoms with van der Waals surface area (Å²) in [5.41, 5.74) is 1.42. The Morgan fingerprint density at radius 3 is 2.59 bits per heavy atom. The number of rotatable bonds is 5. The first-order valence-electron chi connectivity index (χ1n) is 5.52. The summed E-state index contributed by atoms with van der Waals surface area (Å²) in [6.45, 7) is 1.55. The van der Waals surface area contributed by atoms with Gasteiger partial charge in [-0.1, -0.05) is 12.1 Å². The number of benzene rings is 1. The number of aliphatic hydroxyl groups is 1. The number of amides is 2. The van der Waals surface area contributed by atoms with Crippen LogP contribution in [0.25, 0.3) is 0 Å². The Labute approximate surface area is 99.8 Å². The quantitative estimate of drug-likeness (QED) is 0.691. The minimum absolute atomic E-state index is 0.314. The number of hydrogen-bond donors (Lipinski definition) is 3. The third-order valence-electron chi connectivity index (χ3n) is 2.25. The second kappa shape index (κ2) is 6.85. The van der Waals surface area contributed by atoms with Crippen molar-refractivity contribution in [2.45, 2.75) is 19.4 Å². The Morgan fingerprint density at radius 1 is 1.41 bits per heavy atom. The topological polar surface area (TPSA) is 61.4 Å². The molecule has 1 rings (SSSR count). The van der Waals surface area contributed by atoms with E-state index in [2.05, 4.69) is 10.6 Å². The number of carbonyl (C=O) groups excluding carboxylic acids is 1. The lowest BCUT2D eigenvalue weighted by Crippen LogP contribution is -2.29. The summed E-state index contributed by atoms with van der Waals surface area (Å²) in [7, 11) is 0. The molecule has 1 aromatic carbocycles. The third-order valence-corrected chi connectivity index (χ3v) is 2.25. The van der Waals surface area contributed by atoms with Crippen molar-refractivity contribution in [2.75, 3.05) is 18.5 Å². The van der Waals surface area contributed by atoms with Gasteiger partial charge in [0.15, 0.2) is 0 Å². The van der Waals surface area contributed by atoms with Crippen LogP contribution in [0.5, 0.6) is 0 Å². The van der Waals surface area contributed by atoms with Gasteiger partial charge in [-0.05, 0) is 31.0 Å². The Kier molecular flexibility index (Phi) is 5.42. The van der Waals surface area contributed by atoms with Crippen LogP contribution in [0.15, 0.2) is 24.3 Å². The molecule has 0 spiro atoms. The zero-order valence-corrected chi connectivity index (χ0v) is 9.74. The number of halogens is 1. The van der Waals surface area contributed by atoms with Crippen LogP contribution in [0.1, 0.15) is 25.0 Å². The number of nitrogens with one attached hydrogen (secondary N) is 2. The summed E-state index contributed by atoms with van der Waals surface area (Å²) in [4.78, 5) is 11.3. The van der Waals surface area contributed by atoms with Crippen molar-refractivity contribution >= 4 is 11.7 Å². The largest absolute Gasteiger partial charge is 0.389 e. The molecule has 0 radical (unpaired) electrons. The van der Waals surface area contributed by atoms with Gasteiger partial charge < -0.3 is 15.7 Å². The molecule has 5 heteroatoms. The second-order valence-electron chi connectivity index (χ2n) is 3.72. The fourth-order valence-electron chi connectivity index (χ4n) is 1.29. The Hall–Kier alpha value is -1.62. The summed E-state index contributed by atoms with van der Waals surface area (Å²) >= 11 is 0. The van der Waals surface area contributed by atoms with Crippen molar-refractivity contribution in [1.29, 1.82) is 0 Å². The lowest BCUT2D eigenvalue weighted by Gasteiger charge is -2.08. The zero-order valence-electron chi connectivity index (χ0n) is 9.74. The molecule has 0 saturated carbocycles. The van der Waals surface area contributed by atoms with E-state index in [1.165, 1.54) is 0 Å². The second-order valence-corrected chi connectivity index (χ2v) is 3.72. The first-order chi connectivity index (χ1) is 8.13. The van der Waals surface area contributed by atoms with Gasteiger partial charge in [0.25, 0.3) is 0 Å². The van der Waals surface area contributed by atoms with E-state index < -0.39 is 12.8 Å². The van der Waals surface area contributed by atoms with Crippen LogP contribution >= 0.6 is 0 Å². The van der Waals surface area contributed by atoms with Gasteiger partial charge >= 0.3 is 6.03 Å². The molecule has 0 saturated heterocycles. The molecule has 0 aromatic heterocycles. The summed E-state index contributed by atoms with van der Waals surface area (Å²) < 4.78 is 11.8. The normalized spacial score (nSPS) is 11.9. The molecule has 0 aliphatic heterocycles. The van der Waals surface area contributed by atoms with Crippen molar-refractivity contribution in [3.8, 4) is 0 Å². The number of carbonyl (C=O) groups is 1. The Bertz CT molecular complexity index is 352. The molecule has 17 heavy (non-hydrogen) atoms. The first-order valence-corrected chi connectivity index (χ1v) is 5.52. The van der Waals surface area contributed by atoms with Gasteiger partial charge in [-0.25, -0.2) is 4.79 Å². The molecular formula is C12H17FN2O2. The maximum Gasteiger partial charge on any atom is 0.319 e. The molecule has 3 N–H and O–H groups in total. The molecule has 0 fully saturated rings. The lowest BCUT2D eigenvalue weighted by molar-refractivity contribution is 0.199. The molecule has 1 atom stereocenters. The van der Waals surface area contributed by atoms with Gasteiger partial charge in [0.1, 0.15) is 0 Å². The minimum atomic E-state index is -0.526. The highest BCUT2D eigenvalue weighted by Crippen LogP contribution is 2.15. The lowest BCUT2D eigenvalue weighted by atomic mass is 10.1. The van der Waals surface area contributed by atoms with E-state index in [1.54, 1.807) is 31.2 Å². The molecule has 0 aliphatic rings. The first kappa shape index (κ1) is 13.4. The minimum Gasteiger partial charge on any atom is -0.389 e. The fourth-order valence-corrected chi connectivity index (χ4v) is 1.29. The van der Waals surface area contributed by atoms with Gasteiger partial charge in [0, 0.05) is 12.2 Å². The molecule has 1 aromatic rings. The standard InChI is InChI=1S/C12H17FN2O2/c1-9(16)10-3-5-11(6-4-10)15-12(17)14-8-2-7-13/h3-6,9,16H,2,7-8H2,1H3,(H2,14,15,17). The van der Waals surface area contributed by atoms with E-state index >= 15 is 0 Å². The Balaban J connectivity index is 2.43. The van der Waals surface area contributed by atoms with Crippen molar-refractivity contribution in [2.24, 2.45) is 0 Å². The zero-order chi connectivity index (χ0) is 12.7. The van der Waals surface area contributed by atoms with E-state index in [0.29, 0.717) is 18.7 Å². The van der Waals surface area contributed by atoms with Crippen LogP contribution in [0, 0.1) is 0 Å². The molecule has 1 unspecified atom stereocenters. The highest BCUT2D eigenvalue weighted by atomic mass is 19.1. The summed E-state index contributed by atoms with van der Waals surface area (Å²) in [6.07, 6.45) is -0.212. The number of aliphatic hydroxyl groups excluding tert-OH is 1. The van der Waals surface area contributed by atoms with Crippen LogP contribution in [0.3, 0.4) is 0 Å². The smallest absolute Gasteiger partial charge is 0.319 e. The maximum absolute atomic E-state index is 11.8. The number of anilines is 1. The van der Waals surface area contributed by atoms with Gasteiger partial charge in [-0.15, -0.1) is 0 Å². The van der Waals surface area contributed by atoms with E-state index in [-0.39, 0.29) is 6.03 Å². The highest BCUT2D eigenvalue weighted by Gasteiger charge is 2.03. The van der Waals surface area contributed by atoms with Gasteiger partial charge in [0.2, 0.25) is 0 Å². The van der Waals surface area contributed by atoms with E-state index in [1.807, 2.05) is 0 Å². The van der Waals surface area contributed by atoms with Crippen LogP contribution < -0.4 is 10.6 Å². The number of urea groups is 1. The Morgan fingerprint density at radius 2 is 2.06 bits per heavy atom. The summed E-state index contributed by atoms with van der Waals surface area (Å²) in [5, 5.41) is 14.4. The van der Waals surface area contributed by atoms with E-state index in [4.69, 9.17) is 0 Å². The number of hydrogen-bond acceptors (Lipinski definition) is 2. The predicted molar refractivity (Wildman–Crippen MR) is 64.7 cm³/mol. The van der Waals surface area contributed by atoms with Crippen molar-refractivity contribution in [3.63, 3.8) is 0 Å². The maximum atomic E-state index is 11.8. The van der Waals surface area contributed by atoms with Crippen molar-refractivity contribution < 1.29 is 14.3 Å².